The molecule has 1 fully saturated rings. The van der Waals surface area contributed by atoms with Gasteiger partial charge in [-0.25, -0.2) is 13.2 Å². The molecule has 0 radical (unpaired) electrons. The number of carbonyl (C=O) groups excluding carboxylic acids is 1. The lowest BCUT2D eigenvalue weighted by Crippen LogP contribution is -2.42. The van der Waals surface area contributed by atoms with Crippen molar-refractivity contribution >= 4 is 17.2 Å². The Labute approximate surface area is 135 Å². The van der Waals surface area contributed by atoms with Gasteiger partial charge in [0.15, 0.2) is 11.6 Å². The zero-order valence-electron chi connectivity index (χ0n) is 12.1. The fourth-order valence-electron chi connectivity index (χ4n) is 2.50. The summed E-state index contributed by atoms with van der Waals surface area (Å²) in [5.41, 5.74) is -0.145. The number of morpholine rings is 1. The monoisotopic (exact) mass is 341 g/mol. The fourth-order valence-corrected chi connectivity index (χ4v) is 3.26. The number of thiophene rings is 1. The van der Waals surface area contributed by atoms with E-state index in [4.69, 9.17) is 4.74 Å². The maximum Gasteiger partial charge on any atom is 0.227 e. The first-order chi connectivity index (χ1) is 11.0. The molecular formula is C16H14F3NO2S. The normalized spacial score (nSPS) is 18.2. The summed E-state index contributed by atoms with van der Waals surface area (Å²) in [6.45, 7) is 1.14. The highest BCUT2D eigenvalue weighted by Gasteiger charge is 2.26. The number of ether oxygens (including phenoxy) is 1. The van der Waals surface area contributed by atoms with Gasteiger partial charge in [0.05, 0.1) is 19.6 Å². The lowest BCUT2D eigenvalue weighted by Gasteiger charge is -2.32. The third kappa shape index (κ3) is 3.56. The molecule has 23 heavy (non-hydrogen) atoms. The third-order valence-electron chi connectivity index (χ3n) is 3.71. The second kappa shape index (κ2) is 6.72. The Hall–Kier alpha value is -1.86. The largest absolute Gasteiger partial charge is 0.369 e. The van der Waals surface area contributed by atoms with Crippen molar-refractivity contribution in [2.24, 2.45) is 0 Å². The Morgan fingerprint density at radius 1 is 1.26 bits per heavy atom. The maximum atomic E-state index is 13.7. The van der Waals surface area contributed by atoms with Crippen molar-refractivity contribution in [1.82, 2.24) is 4.90 Å². The van der Waals surface area contributed by atoms with Crippen LogP contribution in [0.3, 0.4) is 0 Å². The van der Waals surface area contributed by atoms with Gasteiger partial charge in [-0.15, -0.1) is 11.3 Å². The molecule has 7 heteroatoms. The molecular weight excluding hydrogens is 327 g/mol. The van der Waals surface area contributed by atoms with E-state index in [1.54, 1.807) is 4.90 Å². The van der Waals surface area contributed by atoms with Crippen LogP contribution in [0.5, 0.6) is 0 Å². The molecule has 122 valence electrons. The van der Waals surface area contributed by atoms with Crippen LogP contribution in [0.2, 0.25) is 0 Å². The quantitative estimate of drug-likeness (QED) is 0.802. The van der Waals surface area contributed by atoms with E-state index in [9.17, 15) is 18.0 Å². The van der Waals surface area contributed by atoms with Crippen LogP contribution in [-0.2, 0) is 16.0 Å². The number of nitrogens with zero attached hydrogens (tertiary/aromatic N) is 1. The molecule has 0 unspecified atom stereocenters. The molecule has 0 spiro atoms. The number of hydrogen-bond acceptors (Lipinski definition) is 3. The first-order valence-corrected chi connectivity index (χ1v) is 7.99. The van der Waals surface area contributed by atoms with Gasteiger partial charge in [0, 0.05) is 23.1 Å². The molecule has 1 atom stereocenters. The van der Waals surface area contributed by atoms with Gasteiger partial charge in [0.25, 0.3) is 0 Å². The molecule has 0 aliphatic carbocycles. The average molecular weight is 341 g/mol. The number of amides is 1. The molecule has 0 bridgehead atoms. The van der Waals surface area contributed by atoms with E-state index < -0.39 is 17.5 Å². The van der Waals surface area contributed by atoms with E-state index in [1.807, 2.05) is 17.5 Å². The molecule has 1 aliphatic heterocycles. The number of rotatable bonds is 3. The van der Waals surface area contributed by atoms with Gasteiger partial charge in [-0.05, 0) is 17.5 Å². The molecule has 1 aliphatic rings. The molecule has 3 nitrogen and oxygen atoms in total. The number of benzene rings is 1. The van der Waals surface area contributed by atoms with E-state index in [2.05, 4.69) is 0 Å². The summed E-state index contributed by atoms with van der Waals surface area (Å²) in [6.07, 6.45) is -0.511. The Bertz CT molecular complexity index is 706. The highest BCUT2D eigenvalue weighted by Crippen LogP contribution is 2.26. The second-order valence-corrected chi connectivity index (χ2v) is 6.23. The summed E-state index contributed by atoms with van der Waals surface area (Å²) in [4.78, 5) is 14.9. The van der Waals surface area contributed by atoms with Crippen LogP contribution in [0.4, 0.5) is 13.2 Å². The van der Waals surface area contributed by atoms with Crippen molar-refractivity contribution in [3.63, 3.8) is 0 Å². The van der Waals surface area contributed by atoms with Crippen molar-refractivity contribution in [3.8, 4) is 0 Å². The molecule has 0 saturated carbocycles. The minimum absolute atomic E-state index is 0.145. The number of hydrogen-bond donors (Lipinski definition) is 0. The smallest absolute Gasteiger partial charge is 0.227 e. The van der Waals surface area contributed by atoms with Gasteiger partial charge in [-0.2, -0.15) is 0 Å². The van der Waals surface area contributed by atoms with Crippen LogP contribution in [0, 0.1) is 17.5 Å². The highest BCUT2D eigenvalue weighted by molar-refractivity contribution is 7.10. The van der Waals surface area contributed by atoms with Crippen LogP contribution >= 0.6 is 11.3 Å². The van der Waals surface area contributed by atoms with Crippen LogP contribution in [0.15, 0.2) is 29.6 Å². The topological polar surface area (TPSA) is 29.5 Å². The van der Waals surface area contributed by atoms with E-state index in [0.29, 0.717) is 25.8 Å². The number of halogens is 3. The summed E-state index contributed by atoms with van der Waals surface area (Å²) >= 11 is 1.54. The highest BCUT2D eigenvalue weighted by atomic mass is 32.1. The van der Waals surface area contributed by atoms with E-state index in [1.165, 1.54) is 11.3 Å². The van der Waals surface area contributed by atoms with Crippen molar-refractivity contribution in [3.05, 3.63) is 57.5 Å². The van der Waals surface area contributed by atoms with Gasteiger partial charge in [-0.3, -0.25) is 4.79 Å². The summed E-state index contributed by atoms with van der Waals surface area (Å²) < 4.78 is 45.5. The van der Waals surface area contributed by atoms with Crippen molar-refractivity contribution < 1.29 is 22.7 Å². The first-order valence-electron chi connectivity index (χ1n) is 7.11. The van der Waals surface area contributed by atoms with Crippen LogP contribution in [0.1, 0.15) is 16.5 Å². The van der Waals surface area contributed by atoms with Gasteiger partial charge in [0.1, 0.15) is 11.9 Å². The van der Waals surface area contributed by atoms with Crippen LogP contribution in [0.25, 0.3) is 0 Å². The average Bonchev–Trinajstić information content (AvgIpc) is 3.07. The molecule has 0 N–H and O–H groups in total. The summed E-state index contributed by atoms with van der Waals surface area (Å²) in [5, 5.41) is 1.93. The lowest BCUT2D eigenvalue weighted by molar-refractivity contribution is -0.138. The summed E-state index contributed by atoms with van der Waals surface area (Å²) in [5.74, 6) is -3.67. The Kier molecular flexibility index (Phi) is 4.68. The van der Waals surface area contributed by atoms with Crippen molar-refractivity contribution in [1.29, 1.82) is 0 Å². The van der Waals surface area contributed by atoms with Gasteiger partial charge >= 0.3 is 0 Å². The van der Waals surface area contributed by atoms with Crippen LogP contribution < -0.4 is 0 Å². The molecule has 1 aromatic carbocycles. The Morgan fingerprint density at radius 2 is 2.04 bits per heavy atom. The SMILES string of the molecule is O=C(Cc1cc(F)c(F)cc1F)N1CCO[C@H](c2cccs2)C1. The molecule has 1 aromatic heterocycles. The van der Waals surface area contributed by atoms with Gasteiger partial charge < -0.3 is 9.64 Å². The Morgan fingerprint density at radius 3 is 2.78 bits per heavy atom. The minimum atomic E-state index is -1.26. The predicted octanol–water partition coefficient (Wildman–Crippen LogP) is 3.31. The first kappa shape index (κ1) is 16.0. The molecule has 1 amide bonds. The maximum absolute atomic E-state index is 13.7. The molecule has 2 aromatic rings. The fraction of sp³-hybridized carbons (Fsp3) is 0.312. The summed E-state index contributed by atoms with van der Waals surface area (Å²) in [7, 11) is 0. The van der Waals surface area contributed by atoms with Crippen molar-refractivity contribution in [2.75, 3.05) is 19.7 Å². The Balaban J connectivity index is 1.69. The van der Waals surface area contributed by atoms with Crippen molar-refractivity contribution in [2.45, 2.75) is 12.5 Å². The zero-order valence-corrected chi connectivity index (χ0v) is 12.9. The second-order valence-electron chi connectivity index (χ2n) is 5.25. The van der Waals surface area contributed by atoms with Gasteiger partial charge in [0.2, 0.25) is 5.91 Å². The third-order valence-corrected chi connectivity index (χ3v) is 4.68. The molecule has 2 heterocycles. The lowest BCUT2D eigenvalue weighted by atomic mass is 10.1. The standard InChI is InChI=1S/C16H14F3NO2S/c17-11-8-13(19)12(18)6-10(11)7-16(21)20-3-4-22-14(9-20)15-2-1-5-23-15/h1-2,5-6,8,14H,3-4,7,9H2/t14-/m0/s1. The summed E-state index contributed by atoms with van der Waals surface area (Å²) in [6, 6.07) is 5.03. The van der Waals surface area contributed by atoms with E-state index in [0.717, 1.165) is 10.9 Å². The van der Waals surface area contributed by atoms with Gasteiger partial charge in [-0.1, -0.05) is 6.07 Å². The molecule has 3 rings (SSSR count). The zero-order chi connectivity index (χ0) is 16.4. The van der Waals surface area contributed by atoms with E-state index >= 15 is 0 Å². The number of carbonyl (C=O) groups is 1. The van der Waals surface area contributed by atoms with Crippen LogP contribution in [-0.4, -0.2) is 30.5 Å². The minimum Gasteiger partial charge on any atom is -0.369 e. The predicted molar refractivity (Wildman–Crippen MR) is 79.6 cm³/mol. The van der Waals surface area contributed by atoms with E-state index in [-0.39, 0.29) is 24.0 Å². The molecule has 1 saturated heterocycles.